The van der Waals surface area contributed by atoms with Crippen LogP contribution in [0.1, 0.15) is 11.1 Å². The van der Waals surface area contributed by atoms with E-state index in [0.29, 0.717) is 51.0 Å². The zero-order chi connectivity index (χ0) is 24.3. The number of nitrogens with zero attached hydrogens (tertiary/aromatic N) is 1. The molecule has 0 saturated carbocycles. The Morgan fingerprint density at radius 2 is 1.82 bits per heavy atom. The first-order valence-electron chi connectivity index (χ1n) is 9.98. The number of benzene rings is 3. The number of ether oxygens (including phenoxy) is 2. The third-order valence-electron chi connectivity index (χ3n) is 4.33. The van der Waals surface area contributed by atoms with Crippen LogP contribution < -0.4 is 14.8 Å². The van der Waals surface area contributed by atoms with E-state index in [4.69, 9.17) is 25.9 Å². The Hall–Kier alpha value is -3.30. The molecule has 0 aliphatic rings. The molecule has 0 aliphatic carbocycles. The van der Waals surface area contributed by atoms with Gasteiger partial charge in [-0.1, -0.05) is 40.7 Å². The zero-order valence-electron chi connectivity index (χ0n) is 18.0. The number of alkyl halides is 2. The molecule has 0 aliphatic heterocycles. The van der Waals surface area contributed by atoms with Crippen molar-refractivity contribution in [3.05, 3.63) is 82.9 Å². The molecule has 0 radical (unpaired) electrons. The van der Waals surface area contributed by atoms with Gasteiger partial charge in [0.1, 0.15) is 6.61 Å². The molecule has 0 unspecified atom stereocenters. The number of oxime groups is 1. The lowest BCUT2D eigenvalue weighted by Crippen LogP contribution is -2.16. The highest BCUT2D eigenvalue weighted by Crippen LogP contribution is 2.29. The lowest BCUT2D eigenvalue weighted by Gasteiger charge is -2.11. The minimum Gasteiger partial charge on any atom is -0.493 e. The zero-order valence-corrected chi connectivity index (χ0v) is 19.6. The summed E-state index contributed by atoms with van der Waals surface area (Å²) in [6.07, 6.45) is 1.44. The van der Waals surface area contributed by atoms with Crippen molar-refractivity contribution in [3.63, 3.8) is 0 Å². The van der Waals surface area contributed by atoms with E-state index in [-0.39, 0.29) is 6.61 Å². The second-order valence-electron chi connectivity index (χ2n) is 6.78. The average Bonchev–Trinajstić information content (AvgIpc) is 2.82. The van der Waals surface area contributed by atoms with Crippen molar-refractivity contribution in [1.29, 1.82) is 0 Å². The summed E-state index contributed by atoms with van der Waals surface area (Å²) in [6, 6.07) is 18.7. The van der Waals surface area contributed by atoms with Crippen LogP contribution in [-0.2, 0) is 16.2 Å². The molecule has 0 aromatic heterocycles. The maximum atomic E-state index is 12.3. The molecular weight excluding hydrogens is 486 g/mol. The lowest BCUT2D eigenvalue weighted by molar-refractivity contribution is -0.120. The number of carbonyl (C=O) groups is 1. The highest BCUT2D eigenvalue weighted by atomic mass is 35.5. The fourth-order valence-corrected chi connectivity index (χ4v) is 3.36. The molecule has 0 saturated heterocycles. The normalized spacial score (nSPS) is 11.0. The number of hydrogen-bond acceptors (Lipinski definition) is 6. The Labute approximate surface area is 204 Å². The van der Waals surface area contributed by atoms with Gasteiger partial charge in [-0.25, -0.2) is 0 Å². The molecule has 178 valence electrons. The summed E-state index contributed by atoms with van der Waals surface area (Å²) in [5.41, 5.74) is 2.12. The van der Waals surface area contributed by atoms with E-state index in [2.05, 4.69) is 10.5 Å². The topological polar surface area (TPSA) is 69.2 Å². The predicted octanol–water partition coefficient (Wildman–Crippen LogP) is 6.23. The summed E-state index contributed by atoms with van der Waals surface area (Å²) < 4.78 is 35.9. The Morgan fingerprint density at radius 1 is 1.09 bits per heavy atom. The van der Waals surface area contributed by atoms with E-state index < -0.39 is 11.7 Å². The first-order valence-corrected chi connectivity index (χ1v) is 11.2. The summed E-state index contributed by atoms with van der Waals surface area (Å²) >= 11 is 6.33. The SMILES string of the molecule is COc1cc(/C=N/OCC(=O)Nc2ccc(SC(F)F)cc2)ccc1OCc1ccc(Cl)cc1. The summed E-state index contributed by atoms with van der Waals surface area (Å²) in [6.45, 7) is 0.0381. The van der Waals surface area contributed by atoms with Crippen LogP contribution in [0.4, 0.5) is 14.5 Å². The van der Waals surface area contributed by atoms with Gasteiger partial charge in [-0.05, 0) is 60.2 Å². The van der Waals surface area contributed by atoms with Gasteiger partial charge in [0.2, 0.25) is 0 Å². The van der Waals surface area contributed by atoms with Gasteiger partial charge in [0, 0.05) is 21.2 Å². The molecule has 1 amide bonds. The molecule has 0 fully saturated rings. The quantitative estimate of drug-likeness (QED) is 0.190. The van der Waals surface area contributed by atoms with Gasteiger partial charge in [-0.2, -0.15) is 8.78 Å². The lowest BCUT2D eigenvalue weighted by atomic mass is 10.2. The van der Waals surface area contributed by atoms with Crippen LogP contribution in [0, 0.1) is 0 Å². The van der Waals surface area contributed by atoms with Crippen molar-refractivity contribution < 1.29 is 27.9 Å². The Bertz CT molecular complexity index is 1110. The van der Waals surface area contributed by atoms with E-state index in [0.717, 1.165) is 5.56 Å². The van der Waals surface area contributed by atoms with E-state index in [1.165, 1.54) is 37.6 Å². The van der Waals surface area contributed by atoms with E-state index in [9.17, 15) is 13.6 Å². The average molecular weight is 507 g/mol. The Balaban J connectivity index is 1.47. The summed E-state index contributed by atoms with van der Waals surface area (Å²) in [4.78, 5) is 17.4. The number of carbonyl (C=O) groups excluding carboxylic acids is 1. The molecule has 0 atom stereocenters. The maximum Gasteiger partial charge on any atom is 0.288 e. The number of nitrogens with one attached hydrogen (secondary N) is 1. The van der Waals surface area contributed by atoms with Gasteiger partial charge in [0.05, 0.1) is 13.3 Å². The molecule has 3 aromatic carbocycles. The van der Waals surface area contributed by atoms with Gasteiger partial charge in [0.25, 0.3) is 11.7 Å². The first kappa shape index (κ1) is 25.3. The summed E-state index contributed by atoms with van der Waals surface area (Å²) in [7, 11) is 1.53. The number of methoxy groups -OCH3 is 1. The van der Waals surface area contributed by atoms with Crippen molar-refractivity contribution >= 4 is 41.2 Å². The molecule has 6 nitrogen and oxygen atoms in total. The number of rotatable bonds is 11. The van der Waals surface area contributed by atoms with Crippen LogP contribution >= 0.6 is 23.4 Å². The molecule has 3 aromatic rings. The molecule has 3 rings (SSSR count). The van der Waals surface area contributed by atoms with Crippen LogP contribution in [0.5, 0.6) is 11.5 Å². The fraction of sp³-hybridized carbons (Fsp3) is 0.167. The molecule has 0 heterocycles. The molecule has 0 bridgehead atoms. The Kier molecular flexibility index (Phi) is 9.54. The number of amides is 1. The van der Waals surface area contributed by atoms with Crippen LogP contribution in [-0.4, -0.2) is 31.6 Å². The van der Waals surface area contributed by atoms with Gasteiger partial charge in [-0.15, -0.1) is 0 Å². The molecule has 0 spiro atoms. The molecule has 10 heteroatoms. The third kappa shape index (κ3) is 8.24. The van der Waals surface area contributed by atoms with E-state index in [1.807, 2.05) is 12.1 Å². The number of halogens is 3. The van der Waals surface area contributed by atoms with Crippen LogP contribution in [0.15, 0.2) is 76.8 Å². The third-order valence-corrected chi connectivity index (χ3v) is 5.30. The van der Waals surface area contributed by atoms with Crippen molar-refractivity contribution in [2.24, 2.45) is 5.16 Å². The minimum atomic E-state index is -2.50. The largest absolute Gasteiger partial charge is 0.493 e. The second-order valence-corrected chi connectivity index (χ2v) is 8.28. The van der Waals surface area contributed by atoms with Crippen LogP contribution in [0.25, 0.3) is 0 Å². The van der Waals surface area contributed by atoms with Gasteiger partial charge >= 0.3 is 0 Å². The second kappa shape index (κ2) is 12.8. The van der Waals surface area contributed by atoms with Crippen molar-refractivity contribution in [3.8, 4) is 11.5 Å². The number of thioether (sulfide) groups is 1. The Morgan fingerprint density at radius 3 is 2.50 bits per heavy atom. The first-order chi connectivity index (χ1) is 16.4. The van der Waals surface area contributed by atoms with E-state index in [1.54, 1.807) is 30.3 Å². The predicted molar refractivity (Wildman–Crippen MR) is 129 cm³/mol. The standard InChI is InChI=1S/C24H21ClF2N2O4S/c1-31-22-12-17(4-11-21(22)32-14-16-2-5-18(25)6-3-16)13-28-33-15-23(30)29-19-7-9-20(10-8-19)34-24(26)27/h2-13,24H,14-15H2,1H3,(H,29,30)/b28-13+. The molecule has 1 N–H and O–H groups in total. The number of anilines is 1. The summed E-state index contributed by atoms with van der Waals surface area (Å²) in [5.74, 6) is -1.85. The van der Waals surface area contributed by atoms with Crippen LogP contribution in [0.2, 0.25) is 5.02 Å². The number of hydrogen-bond donors (Lipinski definition) is 1. The highest BCUT2D eigenvalue weighted by Gasteiger charge is 2.08. The molecule has 34 heavy (non-hydrogen) atoms. The van der Waals surface area contributed by atoms with Crippen molar-refractivity contribution in [1.82, 2.24) is 0 Å². The van der Waals surface area contributed by atoms with Gasteiger partial charge in [-0.3, -0.25) is 4.79 Å². The van der Waals surface area contributed by atoms with Gasteiger partial charge in [0.15, 0.2) is 18.1 Å². The fourth-order valence-electron chi connectivity index (χ4n) is 2.74. The van der Waals surface area contributed by atoms with E-state index >= 15 is 0 Å². The monoisotopic (exact) mass is 506 g/mol. The van der Waals surface area contributed by atoms with Gasteiger partial charge < -0.3 is 19.6 Å². The minimum absolute atomic E-state index is 0.316. The highest BCUT2D eigenvalue weighted by molar-refractivity contribution is 7.99. The smallest absolute Gasteiger partial charge is 0.288 e. The summed E-state index contributed by atoms with van der Waals surface area (Å²) in [5, 5.41) is 7.05. The molecular formula is C24H21ClF2N2O4S. The van der Waals surface area contributed by atoms with Crippen LogP contribution in [0.3, 0.4) is 0 Å². The van der Waals surface area contributed by atoms with Crippen molar-refractivity contribution in [2.45, 2.75) is 17.3 Å². The maximum absolute atomic E-state index is 12.3. The van der Waals surface area contributed by atoms with Crippen molar-refractivity contribution in [2.75, 3.05) is 19.0 Å².